The number of hydrogen-bond donors (Lipinski definition) is 1. The molecular weight excluding hydrogens is 382 g/mol. The van der Waals surface area contributed by atoms with Crippen molar-refractivity contribution in [1.82, 2.24) is 14.5 Å². The molecule has 1 aromatic carbocycles. The summed E-state index contributed by atoms with van der Waals surface area (Å²) in [6, 6.07) is 6.92. The van der Waals surface area contributed by atoms with Crippen LogP contribution in [0.2, 0.25) is 0 Å². The van der Waals surface area contributed by atoms with Gasteiger partial charge in [-0.15, -0.1) is 0 Å². The molecule has 0 spiro atoms. The summed E-state index contributed by atoms with van der Waals surface area (Å²) in [5.74, 6) is 2.51. The minimum atomic E-state index is -0.466. The molecule has 1 saturated heterocycles. The zero-order chi connectivity index (χ0) is 21.1. The number of carbonyl (C=O) groups is 1. The van der Waals surface area contributed by atoms with E-state index >= 15 is 0 Å². The third-order valence-electron chi connectivity index (χ3n) is 6.50. The fraction of sp³-hybridized carbons (Fsp3) is 0.565. The number of rotatable bonds is 7. The van der Waals surface area contributed by atoms with Crippen molar-refractivity contribution in [2.75, 3.05) is 26.7 Å². The highest BCUT2D eigenvalue weighted by molar-refractivity contribution is 5.89. The number of fused-ring (bicyclic) bond motifs is 1. The SMILES string of the molecule is CCc1nccn1CCN1C[C@H]2C[C@@H](Oc3ccc(C(=O)OC)cc3)[C@H](O)C[C@H]2C1. The summed E-state index contributed by atoms with van der Waals surface area (Å²) in [6.07, 6.45) is 5.83. The smallest absolute Gasteiger partial charge is 0.337 e. The van der Waals surface area contributed by atoms with E-state index in [1.54, 1.807) is 24.3 Å². The molecule has 1 N–H and O–H groups in total. The maximum absolute atomic E-state index is 11.6. The molecule has 1 aromatic heterocycles. The Morgan fingerprint density at radius 1 is 1.17 bits per heavy atom. The number of aliphatic hydroxyl groups excluding tert-OH is 1. The van der Waals surface area contributed by atoms with Gasteiger partial charge in [-0.2, -0.15) is 0 Å². The lowest BCUT2D eigenvalue weighted by atomic mass is 9.78. The van der Waals surface area contributed by atoms with Gasteiger partial charge in [0.15, 0.2) is 0 Å². The highest BCUT2D eigenvalue weighted by atomic mass is 16.5. The van der Waals surface area contributed by atoms with E-state index in [0.717, 1.165) is 51.3 Å². The van der Waals surface area contributed by atoms with Gasteiger partial charge in [0.2, 0.25) is 0 Å². The minimum absolute atomic E-state index is 0.212. The molecule has 2 aromatic rings. The quantitative estimate of drug-likeness (QED) is 0.703. The van der Waals surface area contributed by atoms with Crippen molar-refractivity contribution >= 4 is 5.97 Å². The Labute approximate surface area is 177 Å². The molecule has 7 heteroatoms. The predicted octanol–water partition coefficient (Wildman–Crippen LogP) is 2.38. The highest BCUT2D eigenvalue weighted by Crippen LogP contribution is 2.38. The Balaban J connectivity index is 1.31. The van der Waals surface area contributed by atoms with Gasteiger partial charge >= 0.3 is 5.97 Å². The van der Waals surface area contributed by atoms with Crippen molar-refractivity contribution in [3.05, 3.63) is 48.0 Å². The molecule has 7 nitrogen and oxygen atoms in total. The fourth-order valence-corrected chi connectivity index (χ4v) is 4.87. The summed E-state index contributed by atoms with van der Waals surface area (Å²) < 4.78 is 13.1. The number of aliphatic hydroxyl groups is 1. The molecule has 0 amide bonds. The zero-order valence-corrected chi connectivity index (χ0v) is 17.7. The Hall–Kier alpha value is -2.38. The minimum Gasteiger partial charge on any atom is -0.488 e. The molecule has 4 atom stereocenters. The zero-order valence-electron chi connectivity index (χ0n) is 17.7. The third-order valence-corrected chi connectivity index (χ3v) is 6.50. The van der Waals surface area contributed by atoms with E-state index in [-0.39, 0.29) is 12.1 Å². The van der Waals surface area contributed by atoms with Crippen molar-refractivity contribution in [2.24, 2.45) is 11.8 Å². The molecule has 4 rings (SSSR count). The Morgan fingerprint density at radius 3 is 2.60 bits per heavy atom. The molecule has 2 aliphatic rings. The average molecular weight is 414 g/mol. The van der Waals surface area contributed by atoms with Crippen LogP contribution in [-0.4, -0.2) is 64.5 Å². The molecular formula is C23H31N3O4. The van der Waals surface area contributed by atoms with Crippen LogP contribution >= 0.6 is 0 Å². The van der Waals surface area contributed by atoms with Gasteiger partial charge in [0.1, 0.15) is 17.7 Å². The predicted molar refractivity (Wildman–Crippen MR) is 112 cm³/mol. The van der Waals surface area contributed by atoms with Crippen LogP contribution in [0, 0.1) is 11.8 Å². The van der Waals surface area contributed by atoms with E-state index in [1.165, 1.54) is 7.11 Å². The normalized spacial score (nSPS) is 26.4. The number of likely N-dealkylation sites (tertiary alicyclic amines) is 1. The van der Waals surface area contributed by atoms with Gasteiger partial charge < -0.3 is 24.0 Å². The van der Waals surface area contributed by atoms with Crippen LogP contribution in [0.1, 0.15) is 35.9 Å². The highest BCUT2D eigenvalue weighted by Gasteiger charge is 2.42. The van der Waals surface area contributed by atoms with E-state index in [9.17, 15) is 9.90 Å². The van der Waals surface area contributed by atoms with Crippen LogP contribution < -0.4 is 4.74 Å². The van der Waals surface area contributed by atoms with Crippen molar-refractivity contribution < 1.29 is 19.4 Å². The van der Waals surface area contributed by atoms with Crippen LogP contribution in [0.5, 0.6) is 5.75 Å². The molecule has 1 aliphatic heterocycles. The first-order valence-corrected chi connectivity index (χ1v) is 10.8. The molecule has 0 bridgehead atoms. The van der Waals surface area contributed by atoms with Gasteiger partial charge in [-0.05, 0) is 48.9 Å². The van der Waals surface area contributed by atoms with E-state index < -0.39 is 6.10 Å². The first-order chi connectivity index (χ1) is 14.6. The lowest BCUT2D eigenvalue weighted by Crippen LogP contribution is -2.42. The van der Waals surface area contributed by atoms with Crippen LogP contribution in [0.3, 0.4) is 0 Å². The molecule has 30 heavy (non-hydrogen) atoms. The number of methoxy groups -OCH3 is 1. The Bertz CT molecular complexity index is 850. The lowest BCUT2D eigenvalue weighted by molar-refractivity contribution is -0.0231. The van der Waals surface area contributed by atoms with Gasteiger partial charge in [0, 0.05) is 45.0 Å². The third kappa shape index (κ3) is 4.52. The van der Waals surface area contributed by atoms with E-state index in [4.69, 9.17) is 9.47 Å². The molecule has 1 aliphatic carbocycles. The second-order valence-electron chi connectivity index (χ2n) is 8.38. The van der Waals surface area contributed by atoms with Crippen LogP contribution in [-0.2, 0) is 17.7 Å². The number of esters is 1. The maximum atomic E-state index is 11.6. The number of imidazole rings is 1. The summed E-state index contributed by atoms with van der Waals surface area (Å²) in [4.78, 5) is 18.5. The van der Waals surface area contributed by atoms with E-state index in [2.05, 4.69) is 27.6 Å². The second kappa shape index (κ2) is 9.18. The van der Waals surface area contributed by atoms with Gasteiger partial charge in [0.25, 0.3) is 0 Å². The number of carbonyl (C=O) groups excluding carboxylic acids is 1. The Morgan fingerprint density at radius 2 is 1.90 bits per heavy atom. The van der Waals surface area contributed by atoms with E-state index in [0.29, 0.717) is 23.1 Å². The van der Waals surface area contributed by atoms with Crippen molar-refractivity contribution in [1.29, 1.82) is 0 Å². The summed E-state index contributed by atoms with van der Waals surface area (Å²) in [7, 11) is 1.37. The molecule has 2 fully saturated rings. The Kier molecular flexibility index (Phi) is 6.39. The summed E-state index contributed by atoms with van der Waals surface area (Å²) in [5.41, 5.74) is 0.490. The maximum Gasteiger partial charge on any atom is 0.337 e. The standard InChI is InChI=1S/C23H31N3O4/c1-3-22-24-8-9-26(22)11-10-25-14-17-12-20(27)21(13-18(17)15-25)30-19-6-4-16(5-7-19)23(28)29-2/h4-9,17-18,20-21,27H,3,10-15H2,1-2H3/t17-,18+,20+,21+/m0/s1. The number of benzene rings is 1. The first-order valence-electron chi connectivity index (χ1n) is 10.8. The topological polar surface area (TPSA) is 76.8 Å². The first kappa shape index (κ1) is 20.9. The summed E-state index contributed by atoms with van der Waals surface area (Å²) in [6.45, 7) is 6.19. The number of nitrogens with zero attached hydrogens (tertiary/aromatic N) is 3. The van der Waals surface area contributed by atoms with Crippen LogP contribution in [0.25, 0.3) is 0 Å². The van der Waals surface area contributed by atoms with E-state index in [1.807, 2.05) is 6.20 Å². The van der Waals surface area contributed by atoms with Crippen LogP contribution in [0.15, 0.2) is 36.7 Å². The number of aryl methyl sites for hydroxylation is 1. The van der Waals surface area contributed by atoms with Crippen molar-refractivity contribution in [3.63, 3.8) is 0 Å². The average Bonchev–Trinajstić information content (AvgIpc) is 3.38. The molecule has 0 unspecified atom stereocenters. The molecule has 162 valence electrons. The number of aromatic nitrogens is 2. The fourth-order valence-electron chi connectivity index (χ4n) is 4.87. The molecule has 2 heterocycles. The second-order valence-corrected chi connectivity index (χ2v) is 8.38. The van der Waals surface area contributed by atoms with Gasteiger partial charge in [0.05, 0.1) is 18.8 Å². The van der Waals surface area contributed by atoms with Gasteiger partial charge in [-0.3, -0.25) is 0 Å². The van der Waals surface area contributed by atoms with Gasteiger partial charge in [-0.1, -0.05) is 6.92 Å². The van der Waals surface area contributed by atoms with Crippen molar-refractivity contribution in [2.45, 2.75) is 44.9 Å². The summed E-state index contributed by atoms with van der Waals surface area (Å²) >= 11 is 0. The summed E-state index contributed by atoms with van der Waals surface area (Å²) in [5, 5.41) is 10.7. The largest absolute Gasteiger partial charge is 0.488 e. The number of ether oxygens (including phenoxy) is 2. The molecule has 1 saturated carbocycles. The monoisotopic (exact) mass is 413 g/mol. The molecule has 0 radical (unpaired) electrons. The van der Waals surface area contributed by atoms with Crippen LogP contribution in [0.4, 0.5) is 0 Å². The number of hydrogen-bond acceptors (Lipinski definition) is 6. The lowest BCUT2D eigenvalue weighted by Gasteiger charge is -2.35. The van der Waals surface area contributed by atoms with Crippen molar-refractivity contribution in [3.8, 4) is 5.75 Å². The van der Waals surface area contributed by atoms with Gasteiger partial charge in [-0.25, -0.2) is 9.78 Å².